The lowest BCUT2D eigenvalue weighted by Crippen LogP contribution is -2.25. The highest BCUT2D eigenvalue weighted by atomic mass is 32.2. The molecule has 2 aromatic rings. The van der Waals surface area contributed by atoms with E-state index in [0.29, 0.717) is 17.7 Å². The lowest BCUT2D eigenvalue weighted by molar-refractivity contribution is 0.0950. The summed E-state index contributed by atoms with van der Waals surface area (Å²) < 4.78 is 22.9. The van der Waals surface area contributed by atoms with Crippen LogP contribution in [0, 0.1) is 0 Å². The molecule has 1 aliphatic rings. The molecule has 0 atom stereocenters. The Kier molecular flexibility index (Phi) is 6.67. The summed E-state index contributed by atoms with van der Waals surface area (Å²) in [6, 6.07) is 10.7. The van der Waals surface area contributed by atoms with E-state index in [1.165, 1.54) is 31.9 Å². The molecular weight excluding hydrogens is 374 g/mol. The molecule has 0 unspecified atom stereocenters. The molecule has 1 aromatic carbocycles. The van der Waals surface area contributed by atoms with Gasteiger partial charge < -0.3 is 10.2 Å². The van der Waals surface area contributed by atoms with Crippen molar-refractivity contribution in [1.29, 1.82) is 0 Å². The number of hydrogen-bond acceptors (Lipinski definition) is 5. The zero-order chi connectivity index (χ0) is 20.0. The van der Waals surface area contributed by atoms with E-state index in [1.54, 1.807) is 30.5 Å². The number of pyridine rings is 1. The first-order chi connectivity index (χ1) is 13.4. The van der Waals surface area contributed by atoms with Crippen LogP contribution in [-0.2, 0) is 22.1 Å². The smallest absolute Gasteiger partial charge is 0.251 e. The first-order valence-electron chi connectivity index (χ1n) is 9.65. The molecule has 1 aliphatic heterocycles. The van der Waals surface area contributed by atoms with E-state index in [2.05, 4.69) is 15.2 Å². The van der Waals surface area contributed by atoms with Crippen molar-refractivity contribution in [1.82, 2.24) is 10.3 Å². The Balaban J connectivity index is 1.58. The van der Waals surface area contributed by atoms with Crippen molar-refractivity contribution in [2.45, 2.75) is 38.0 Å². The zero-order valence-electron chi connectivity index (χ0n) is 16.2. The van der Waals surface area contributed by atoms with E-state index in [-0.39, 0.29) is 11.7 Å². The number of amides is 1. The molecule has 1 aromatic heterocycles. The molecule has 1 N–H and O–H groups in total. The summed E-state index contributed by atoms with van der Waals surface area (Å²) in [5, 5.41) is 2.87. The Bertz CT molecular complexity index is 903. The van der Waals surface area contributed by atoms with Crippen molar-refractivity contribution in [3.05, 3.63) is 59.3 Å². The molecule has 7 heteroatoms. The van der Waals surface area contributed by atoms with Crippen LogP contribution in [0.1, 0.15) is 47.2 Å². The van der Waals surface area contributed by atoms with Gasteiger partial charge in [-0.3, -0.25) is 4.79 Å². The SMILES string of the molecule is CS(=O)(=O)Cc1cccc(C(=O)NCc2ccc(N3CCCCCC3)nc2)c1. The Morgan fingerprint density at radius 1 is 1.07 bits per heavy atom. The number of hydrogen-bond donors (Lipinski definition) is 1. The maximum atomic E-state index is 12.4. The van der Waals surface area contributed by atoms with Gasteiger partial charge in [0.25, 0.3) is 5.91 Å². The van der Waals surface area contributed by atoms with Gasteiger partial charge in [-0.15, -0.1) is 0 Å². The number of aromatic nitrogens is 1. The van der Waals surface area contributed by atoms with Gasteiger partial charge in [0, 0.05) is 37.7 Å². The number of anilines is 1. The molecule has 1 amide bonds. The Labute approximate surface area is 166 Å². The van der Waals surface area contributed by atoms with Crippen molar-refractivity contribution in [3.63, 3.8) is 0 Å². The third kappa shape index (κ3) is 6.05. The van der Waals surface area contributed by atoms with E-state index in [0.717, 1.165) is 24.5 Å². The van der Waals surface area contributed by atoms with Crippen LogP contribution in [0.2, 0.25) is 0 Å². The second-order valence-electron chi connectivity index (χ2n) is 7.38. The van der Waals surface area contributed by atoms with E-state index >= 15 is 0 Å². The molecule has 2 heterocycles. The minimum atomic E-state index is -3.13. The first-order valence-corrected chi connectivity index (χ1v) is 11.7. The van der Waals surface area contributed by atoms with Gasteiger partial charge in [0.1, 0.15) is 5.82 Å². The van der Waals surface area contributed by atoms with Crippen LogP contribution < -0.4 is 10.2 Å². The Hall–Kier alpha value is -2.41. The van der Waals surface area contributed by atoms with Gasteiger partial charge in [0.15, 0.2) is 9.84 Å². The van der Waals surface area contributed by atoms with Gasteiger partial charge in [0.2, 0.25) is 0 Å². The maximum absolute atomic E-state index is 12.4. The third-order valence-corrected chi connectivity index (χ3v) is 5.67. The van der Waals surface area contributed by atoms with Gasteiger partial charge >= 0.3 is 0 Å². The second kappa shape index (κ2) is 9.19. The van der Waals surface area contributed by atoms with Crippen LogP contribution in [-0.4, -0.2) is 38.7 Å². The highest BCUT2D eigenvalue weighted by Gasteiger charge is 2.12. The average Bonchev–Trinajstić information content (AvgIpc) is 2.95. The third-order valence-electron chi connectivity index (χ3n) is 4.81. The van der Waals surface area contributed by atoms with E-state index < -0.39 is 9.84 Å². The van der Waals surface area contributed by atoms with Crippen LogP contribution in [0.4, 0.5) is 5.82 Å². The van der Waals surface area contributed by atoms with Crippen molar-refractivity contribution >= 4 is 21.6 Å². The van der Waals surface area contributed by atoms with Crippen LogP contribution >= 0.6 is 0 Å². The molecule has 6 nitrogen and oxygen atoms in total. The van der Waals surface area contributed by atoms with Crippen LogP contribution in [0.3, 0.4) is 0 Å². The maximum Gasteiger partial charge on any atom is 0.251 e. The zero-order valence-corrected chi connectivity index (χ0v) is 17.0. The molecule has 28 heavy (non-hydrogen) atoms. The largest absolute Gasteiger partial charge is 0.357 e. The summed E-state index contributed by atoms with van der Waals surface area (Å²) in [6.07, 6.45) is 7.97. The van der Waals surface area contributed by atoms with Crippen LogP contribution in [0.15, 0.2) is 42.6 Å². The predicted molar refractivity (Wildman–Crippen MR) is 111 cm³/mol. The highest BCUT2D eigenvalue weighted by Crippen LogP contribution is 2.17. The number of carbonyl (C=O) groups is 1. The Morgan fingerprint density at radius 2 is 1.82 bits per heavy atom. The minimum Gasteiger partial charge on any atom is -0.357 e. The number of sulfone groups is 1. The fraction of sp³-hybridized carbons (Fsp3) is 0.429. The molecule has 0 spiro atoms. The summed E-state index contributed by atoms with van der Waals surface area (Å²) >= 11 is 0. The lowest BCUT2D eigenvalue weighted by Gasteiger charge is -2.21. The van der Waals surface area contributed by atoms with Gasteiger partial charge in [0.05, 0.1) is 5.75 Å². The fourth-order valence-corrected chi connectivity index (χ4v) is 4.18. The molecule has 0 aliphatic carbocycles. The van der Waals surface area contributed by atoms with Crippen LogP contribution in [0.5, 0.6) is 0 Å². The molecule has 0 saturated carbocycles. The number of nitrogens with one attached hydrogen (secondary N) is 1. The molecule has 1 fully saturated rings. The van der Waals surface area contributed by atoms with Crippen molar-refractivity contribution in [3.8, 4) is 0 Å². The van der Waals surface area contributed by atoms with Gasteiger partial charge in [-0.1, -0.05) is 31.0 Å². The molecular formula is C21H27N3O3S. The second-order valence-corrected chi connectivity index (χ2v) is 9.52. The molecule has 0 radical (unpaired) electrons. The summed E-state index contributed by atoms with van der Waals surface area (Å²) in [5.41, 5.74) is 1.99. The van der Waals surface area contributed by atoms with Crippen LogP contribution in [0.25, 0.3) is 0 Å². The predicted octanol–water partition coefficient (Wildman–Crippen LogP) is 2.94. The first kappa shape index (κ1) is 20.3. The summed E-state index contributed by atoms with van der Waals surface area (Å²) in [6.45, 7) is 2.47. The summed E-state index contributed by atoms with van der Waals surface area (Å²) in [4.78, 5) is 19.3. The van der Waals surface area contributed by atoms with E-state index in [9.17, 15) is 13.2 Å². The molecule has 0 bridgehead atoms. The Morgan fingerprint density at radius 3 is 2.46 bits per heavy atom. The lowest BCUT2D eigenvalue weighted by atomic mass is 10.1. The molecule has 3 rings (SSSR count). The normalized spacial score (nSPS) is 15.1. The average molecular weight is 402 g/mol. The standard InChI is InChI=1S/C21H27N3O3S/c1-28(26,27)16-17-7-6-8-19(13-17)21(25)23-15-18-9-10-20(22-14-18)24-11-4-2-3-5-12-24/h6-10,13-14H,2-5,11-12,15-16H2,1H3,(H,23,25). The van der Waals surface area contributed by atoms with Crippen molar-refractivity contribution in [2.24, 2.45) is 0 Å². The van der Waals surface area contributed by atoms with E-state index in [4.69, 9.17) is 0 Å². The van der Waals surface area contributed by atoms with Gasteiger partial charge in [-0.25, -0.2) is 13.4 Å². The molecule has 150 valence electrons. The van der Waals surface area contributed by atoms with Gasteiger partial charge in [-0.05, 0) is 42.2 Å². The van der Waals surface area contributed by atoms with Crippen molar-refractivity contribution in [2.75, 3.05) is 24.2 Å². The highest BCUT2D eigenvalue weighted by molar-refractivity contribution is 7.89. The van der Waals surface area contributed by atoms with Gasteiger partial charge in [-0.2, -0.15) is 0 Å². The number of benzene rings is 1. The summed E-state index contributed by atoms with van der Waals surface area (Å²) in [7, 11) is -3.13. The monoisotopic (exact) mass is 401 g/mol. The topological polar surface area (TPSA) is 79.4 Å². The molecule has 1 saturated heterocycles. The minimum absolute atomic E-state index is 0.0734. The summed E-state index contributed by atoms with van der Waals surface area (Å²) in [5.74, 6) is 0.688. The number of carbonyl (C=O) groups excluding carboxylic acids is 1. The quantitative estimate of drug-likeness (QED) is 0.805. The fourth-order valence-electron chi connectivity index (χ4n) is 3.40. The number of nitrogens with zero attached hydrogens (tertiary/aromatic N) is 2. The van der Waals surface area contributed by atoms with E-state index in [1.807, 2.05) is 12.1 Å². The number of rotatable bonds is 6. The van der Waals surface area contributed by atoms with Crippen molar-refractivity contribution < 1.29 is 13.2 Å².